The smallest absolute Gasteiger partial charge is 0.173 e. The number of hydrogen-bond donors (Lipinski definition) is 0. The van der Waals surface area contributed by atoms with Crippen molar-refractivity contribution in [2.45, 2.75) is 26.2 Å². The van der Waals surface area contributed by atoms with E-state index in [9.17, 15) is 4.79 Å². The minimum Gasteiger partial charge on any atom is -0.293 e. The van der Waals surface area contributed by atoms with E-state index in [1.807, 2.05) is 13.0 Å². The molecule has 0 aliphatic heterocycles. The molecule has 0 saturated heterocycles. The molecule has 10 heavy (non-hydrogen) atoms. The van der Waals surface area contributed by atoms with Gasteiger partial charge in [0.05, 0.1) is 5.57 Å². The Morgan fingerprint density at radius 1 is 1.50 bits per heavy atom. The third kappa shape index (κ3) is 1.08. The lowest BCUT2D eigenvalue weighted by Crippen LogP contribution is -2.08. The number of ketones is 1. The van der Waals surface area contributed by atoms with Crippen LogP contribution in [0.25, 0.3) is 0 Å². The van der Waals surface area contributed by atoms with Crippen molar-refractivity contribution >= 4 is 5.78 Å². The van der Waals surface area contributed by atoms with Gasteiger partial charge in [0.15, 0.2) is 5.78 Å². The molecule has 52 valence electrons. The summed E-state index contributed by atoms with van der Waals surface area (Å²) in [6.45, 7) is 1.86. The monoisotopic (exact) mass is 135 g/mol. The fourth-order valence-corrected chi connectivity index (χ4v) is 1.16. The molecule has 1 aliphatic rings. The maximum Gasteiger partial charge on any atom is 0.173 e. The summed E-state index contributed by atoms with van der Waals surface area (Å²) in [4.78, 5) is 11.0. The van der Waals surface area contributed by atoms with E-state index in [0.717, 1.165) is 18.4 Å². The highest BCUT2D eigenvalue weighted by Crippen LogP contribution is 2.20. The van der Waals surface area contributed by atoms with Crippen LogP contribution in [-0.4, -0.2) is 5.78 Å². The number of carbonyl (C=O) groups is 1. The molecule has 0 saturated carbocycles. The lowest BCUT2D eigenvalue weighted by Gasteiger charge is -2.09. The lowest BCUT2D eigenvalue weighted by molar-refractivity contribution is -0.115. The number of allylic oxidation sites excluding steroid dienone is 2. The molecular weight excluding hydrogens is 126 g/mol. The third-order valence-corrected chi connectivity index (χ3v) is 1.77. The number of hydrogen-bond acceptors (Lipinski definition) is 2. The highest BCUT2D eigenvalue weighted by Gasteiger charge is 2.16. The second-order valence-electron chi connectivity index (χ2n) is 2.54. The van der Waals surface area contributed by atoms with Gasteiger partial charge in [-0.2, -0.15) is 5.26 Å². The molecule has 0 heterocycles. The predicted octanol–water partition coefficient (Wildman–Crippen LogP) is 1.58. The molecule has 1 rings (SSSR count). The summed E-state index contributed by atoms with van der Waals surface area (Å²) in [7, 11) is 0. The first-order chi connectivity index (χ1) is 4.75. The highest BCUT2D eigenvalue weighted by molar-refractivity contribution is 6.00. The van der Waals surface area contributed by atoms with Crippen LogP contribution in [0.5, 0.6) is 0 Å². The molecule has 1 aliphatic carbocycles. The molecule has 0 unspecified atom stereocenters. The Morgan fingerprint density at radius 2 is 2.20 bits per heavy atom. The Balaban J connectivity index is 2.98. The first kappa shape index (κ1) is 7.01. The van der Waals surface area contributed by atoms with Gasteiger partial charge in [-0.1, -0.05) is 5.57 Å². The van der Waals surface area contributed by atoms with E-state index in [1.165, 1.54) is 0 Å². The molecule has 0 aromatic rings. The van der Waals surface area contributed by atoms with Gasteiger partial charge in [-0.05, 0) is 19.8 Å². The second-order valence-corrected chi connectivity index (χ2v) is 2.54. The van der Waals surface area contributed by atoms with Gasteiger partial charge in [-0.25, -0.2) is 0 Å². The zero-order chi connectivity index (χ0) is 7.56. The van der Waals surface area contributed by atoms with Gasteiger partial charge in [0.2, 0.25) is 0 Å². The molecular formula is C8H9NO. The molecule has 0 amide bonds. The van der Waals surface area contributed by atoms with Gasteiger partial charge < -0.3 is 0 Å². The van der Waals surface area contributed by atoms with Crippen molar-refractivity contribution in [3.05, 3.63) is 11.1 Å². The standard InChI is InChI=1S/C8H9NO/c1-6-3-2-4-8(10)7(6)5-9/h2-4H2,1H3. The van der Waals surface area contributed by atoms with Crippen LogP contribution in [0, 0.1) is 11.3 Å². The Hall–Kier alpha value is -1.10. The van der Waals surface area contributed by atoms with E-state index >= 15 is 0 Å². The largest absolute Gasteiger partial charge is 0.293 e. The zero-order valence-electron chi connectivity index (χ0n) is 5.98. The molecule has 0 N–H and O–H groups in total. The molecule has 0 fully saturated rings. The quantitative estimate of drug-likeness (QED) is 0.506. The van der Waals surface area contributed by atoms with Crippen molar-refractivity contribution in [3.63, 3.8) is 0 Å². The van der Waals surface area contributed by atoms with Crippen molar-refractivity contribution in [1.29, 1.82) is 5.26 Å². The summed E-state index contributed by atoms with van der Waals surface area (Å²) in [6, 6.07) is 1.93. The Morgan fingerprint density at radius 3 is 2.60 bits per heavy atom. The van der Waals surface area contributed by atoms with E-state index in [-0.39, 0.29) is 5.78 Å². The van der Waals surface area contributed by atoms with Crippen LogP contribution in [0.3, 0.4) is 0 Å². The molecule has 0 radical (unpaired) electrons. The third-order valence-electron chi connectivity index (χ3n) is 1.77. The van der Waals surface area contributed by atoms with E-state index in [0.29, 0.717) is 12.0 Å². The average molecular weight is 135 g/mol. The van der Waals surface area contributed by atoms with Gasteiger partial charge >= 0.3 is 0 Å². The minimum absolute atomic E-state index is 0.0197. The van der Waals surface area contributed by atoms with Crippen molar-refractivity contribution in [3.8, 4) is 6.07 Å². The van der Waals surface area contributed by atoms with E-state index < -0.39 is 0 Å². The number of nitriles is 1. The number of Topliss-reactive ketones (excluding diaryl/α,β-unsaturated/α-hetero) is 1. The summed E-state index contributed by atoms with van der Waals surface area (Å²) >= 11 is 0. The number of carbonyl (C=O) groups excluding carboxylic acids is 1. The second kappa shape index (κ2) is 2.66. The minimum atomic E-state index is 0.0197. The molecule has 0 bridgehead atoms. The van der Waals surface area contributed by atoms with Crippen LogP contribution in [0.2, 0.25) is 0 Å². The fraction of sp³-hybridized carbons (Fsp3) is 0.500. The van der Waals surface area contributed by atoms with E-state index in [2.05, 4.69) is 0 Å². The number of nitrogens with zero attached hydrogens (tertiary/aromatic N) is 1. The van der Waals surface area contributed by atoms with Gasteiger partial charge in [-0.3, -0.25) is 4.79 Å². The van der Waals surface area contributed by atoms with Gasteiger partial charge in [0.1, 0.15) is 6.07 Å². The summed E-state index contributed by atoms with van der Waals surface area (Å²) in [5, 5.41) is 8.50. The van der Waals surface area contributed by atoms with Crippen LogP contribution >= 0.6 is 0 Å². The van der Waals surface area contributed by atoms with Crippen molar-refractivity contribution in [1.82, 2.24) is 0 Å². The maximum absolute atomic E-state index is 11.0. The Kier molecular flexibility index (Phi) is 1.86. The average Bonchev–Trinajstić information content (AvgIpc) is 1.88. The summed E-state index contributed by atoms with van der Waals surface area (Å²) in [5.74, 6) is 0.0197. The molecule has 0 atom stereocenters. The molecule has 2 nitrogen and oxygen atoms in total. The molecule has 0 aromatic carbocycles. The van der Waals surface area contributed by atoms with Crippen molar-refractivity contribution < 1.29 is 4.79 Å². The van der Waals surface area contributed by atoms with Gasteiger partial charge in [0, 0.05) is 6.42 Å². The van der Waals surface area contributed by atoms with E-state index in [1.54, 1.807) is 0 Å². The molecule has 2 heteroatoms. The van der Waals surface area contributed by atoms with Crippen molar-refractivity contribution in [2.75, 3.05) is 0 Å². The zero-order valence-corrected chi connectivity index (χ0v) is 5.98. The van der Waals surface area contributed by atoms with Crippen LogP contribution in [0.1, 0.15) is 26.2 Å². The van der Waals surface area contributed by atoms with Crippen LogP contribution in [0.15, 0.2) is 11.1 Å². The Bertz CT molecular complexity index is 232. The Labute approximate surface area is 60.2 Å². The van der Waals surface area contributed by atoms with E-state index in [4.69, 9.17) is 5.26 Å². The van der Waals surface area contributed by atoms with Gasteiger partial charge in [0.25, 0.3) is 0 Å². The SMILES string of the molecule is CC1=C(C#N)C(=O)CCC1. The van der Waals surface area contributed by atoms with Crippen molar-refractivity contribution in [2.24, 2.45) is 0 Å². The summed E-state index contributed by atoms with van der Waals surface area (Å²) < 4.78 is 0. The summed E-state index contributed by atoms with van der Waals surface area (Å²) in [5.41, 5.74) is 1.35. The lowest BCUT2D eigenvalue weighted by atomic mass is 9.93. The molecule has 0 spiro atoms. The van der Waals surface area contributed by atoms with Crippen LogP contribution in [0.4, 0.5) is 0 Å². The van der Waals surface area contributed by atoms with Crippen LogP contribution in [-0.2, 0) is 4.79 Å². The summed E-state index contributed by atoms with van der Waals surface area (Å²) in [6.07, 6.45) is 2.38. The van der Waals surface area contributed by atoms with Crippen LogP contribution < -0.4 is 0 Å². The first-order valence-electron chi connectivity index (χ1n) is 3.38. The fourth-order valence-electron chi connectivity index (χ4n) is 1.16. The maximum atomic E-state index is 11.0. The first-order valence-corrected chi connectivity index (χ1v) is 3.38. The topological polar surface area (TPSA) is 40.9 Å². The highest BCUT2D eigenvalue weighted by atomic mass is 16.1. The predicted molar refractivity (Wildman–Crippen MR) is 37.2 cm³/mol. The number of rotatable bonds is 0. The molecule has 0 aromatic heterocycles. The normalized spacial score (nSPS) is 19.0. The van der Waals surface area contributed by atoms with Gasteiger partial charge in [-0.15, -0.1) is 0 Å².